The number of hydrogen-bond donors (Lipinski definition) is 2. The first-order valence-electron chi connectivity index (χ1n) is 8.51. The van der Waals surface area contributed by atoms with Crippen LogP contribution in [0.25, 0.3) is 0 Å². The maximum absolute atomic E-state index is 12.4. The summed E-state index contributed by atoms with van der Waals surface area (Å²) < 4.78 is 0. The van der Waals surface area contributed by atoms with Crippen molar-refractivity contribution in [2.45, 2.75) is 51.2 Å². The standard InChI is InChI=1S/C18H23N3O3.ClH/c1-12-15(3-2-10-19-12)20-18(24)14-6-4-13(5-7-14)11-21-16(22)8-9-17(21)23;/h4-7,12,15,19H,2-3,8-11H2,1H3,(H,20,24);1H. The van der Waals surface area contributed by atoms with Crippen LogP contribution in [-0.2, 0) is 16.1 Å². The van der Waals surface area contributed by atoms with E-state index in [9.17, 15) is 14.4 Å². The van der Waals surface area contributed by atoms with Gasteiger partial charge < -0.3 is 10.6 Å². The summed E-state index contributed by atoms with van der Waals surface area (Å²) in [7, 11) is 0. The van der Waals surface area contributed by atoms with E-state index in [0.717, 1.165) is 24.9 Å². The molecule has 2 unspecified atom stereocenters. The first kappa shape index (κ1) is 19.4. The smallest absolute Gasteiger partial charge is 0.251 e. The van der Waals surface area contributed by atoms with E-state index in [0.29, 0.717) is 18.4 Å². The van der Waals surface area contributed by atoms with Gasteiger partial charge in [0, 0.05) is 30.5 Å². The van der Waals surface area contributed by atoms with Crippen molar-refractivity contribution in [2.24, 2.45) is 0 Å². The molecule has 6 nitrogen and oxygen atoms in total. The lowest BCUT2D eigenvalue weighted by Gasteiger charge is -2.30. The largest absolute Gasteiger partial charge is 0.348 e. The van der Waals surface area contributed by atoms with Crippen LogP contribution in [0.5, 0.6) is 0 Å². The molecule has 0 spiro atoms. The Hall–Kier alpha value is -1.92. The average Bonchev–Trinajstić information content (AvgIpc) is 2.89. The number of imide groups is 1. The van der Waals surface area contributed by atoms with Crippen LogP contribution in [0.1, 0.15) is 48.5 Å². The highest BCUT2D eigenvalue weighted by atomic mass is 35.5. The lowest BCUT2D eigenvalue weighted by Crippen LogP contribution is -2.51. The van der Waals surface area contributed by atoms with Crippen molar-refractivity contribution >= 4 is 30.1 Å². The van der Waals surface area contributed by atoms with Crippen molar-refractivity contribution in [1.29, 1.82) is 0 Å². The van der Waals surface area contributed by atoms with Gasteiger partial charge >= 0.3 is 0 Å². The Morgan fingerprint density at radius 1 is 1.20 bits per heavy atom. The van der Waals surface area contributed by atoms with Crippen LogP contribution >= 0.6 is 12.4 Å². The van der Waals surface area contributed by atoms with Crippen LogP contribution in [0.2, 0.25) is 0 Å². The third-order valence-corrected chi connectivity index (χ3v) is 4.79. The number of piperidine rings is 1. The van der Waals surface area contributed by atoms with Gasteiger partial charge in [-0.1, -0.05) is 12.1 Å². The van der Waals surface area contributed by atoms with Crippen molar-refractivity contribution in [3.8, 4) is 0 Å². The number of nitrogens with one attached hydrogen (secondary N) is 2. The van der Waals surface area contributed by atoms with Crippen molar-refractivity contribution in [1.82, 2.24) is 15.5 Å². The number of halogens is 1. The third-order valence-electron chi connectivity index (χ3n) is 4.79. The summed E-state index contributed by atoms with van der Waals surface area (Å²) in [5, 5.41) is 6.43. The van der Waals surface area contributed by atoms with Gasteiger partial charge in [-0.25, -0.2) is 0 Å². The van der Waals surface area contributed by atoms with Gasteiger partial charge in [-0.05, 0) is 44.0 Å². The second-order valence-electron chi connectivity index (χ2n) is 6.54. The Kier molecular flexibility index (Phi) is 6.56. The summed E-state index contributed by atoms with van der Waals surface area (Å²) in [6.45, 7) is 3.36. The topological polar surface area (TPSA) is 78.5 Å². The van der Waals surface area contributed by atoms with Gasteiger partial charge in [0.1, 0.15) is 0 Å². The van der Waals surface area contributed by atoms with Crippen molar-refractivity contribution in [2.75, 3.05) is 6.54 Å². The fraction of sp³-hybridized carbons (Fsp3) is 0.500. The highest BCUT2D eigenvalue weighted by Crippen LogP contribution is 2.16. The van der Waals surface area contributed by atoms with E-state index in [1.54, 1.807) is 24.3 Å². The van der Waals surface area contributed by atoms with E-state index in [1.807, 2.05) is 0 Å². The van der Waals surface area contributed by atoms with Crippen LogP contribution < -0.4 is 10.6 Å². The van der Waals surface area contributed by atoms with Crippen LogP contribution in [0.4, 0.5) is 0 Å². The summed E-state index contributed by atoms with van der Waals surface area (Å²) in [5.41, 5.74) is 1.44. The van der Waals surface area contributed by atoms with E-state index in [2.05, 4.69) is 17.6 Å². The van der Waals surface area contributed by atoms with Crippen LogP contribution in [-0.4, -0.2) is 41.2 Å². The zero-order chi connectivity index (χ0) is 17.1. The predicted octanol–water partition coefficient (Wildman–Crippen LogP) is 1.63. The molecule has 1 aromatic rings. The molecule has 25 heavy (non-hydrogen) atoms. The molecule has 2 aliphatic rings. The maximum Gasteiger partial charge on any atom is 0.251 e. The molecular weight excluding hydrogens is 342 g/mol. The SMILES string of the molecule is CC1NCCCC1NC(=O)c1ccc(CN2C(=O)CCC2=O)cc1.Cl. The van der Waals surface area contributed by atoms with E-state index in [1.165, 1.54) is 4.90 Å². The summed E-state index contributed by atoms with van der Waals surface area (Å²) >= 11 is 0. The average molecular weight is 366 g/mol. The molecule has 3 amide bonds. The molecule has 2 fully saturated rings. The summed E-state index contributed by atoms with van der Waals surface area (Å²) in [5.74, 6) is -0.336. The van der Waals surface area contributed by atoms with E-state index < -0.39 is 0 Å². The summed E-state index contributed by atoms with van der Waals surface area (Å²) in [6, 6.07) is 7.51. The molecule has 2 saturated heterocycles. The molecule has 0 bridgehead atoms. The molecule has 3 rings (SSSR count). The molecule has 2 N–H and O–H groups in total. The summed E-state index contributed by atoms with van der Waals surface area (Å²) in [4.78, 5) is 36.9. The van der Waals surface area contributed by atoms with Gasteiger partial charge in [0.2, 0.25) is 11.8 Å². The Balaban J connectivity index is 0.00000225. The van der Waals surface area contributed by atoms with E-state index in [4.69, 9.17) is 0 Å². The van der Waals surface area contributed by atoms with Crippen LogP contribution in [0.3, 0.4) is 0 Å². The Bertz CT molecular complexity index is 631. The molecule has 2 heterocycles. The van der Waals surface area contributed by atoms with Gasteiger partial charge in [0.05, 0.1) is 6.54 Å². The highest BCUT2D eigenvalue weighted by molar-refractivity contribution is 6.01. The molecular formula is C18H24ClN3O3. The minimum absolute atomic E-state index is 0. The molecule has 7 heteroatoms. The molecule has 2 atom stereocenters. The number of likely N-dealkylation sites (tertiary alicyclic amines) is 1. The number of rotatable bonds is 4. The predicted molar refractivity (Wildman–Crippen MR) is 96.4 cm³/mol. The normalized spacial score (nSPS) is 23.3. The number of amides is 3. The minimum atomic E-state index is -0.124. The zero-order valence-electron chi connectivity index (χ0n) is 14.3. The van der Waals surface area contributed by atoms with Gasteiger partial charge in [-0.3, -0.25) is 19.3 Å². The summed E-state index contributed by atoms with van der Waals surface area (Å²) in [6.07, 6.45) is 2.64. The first-order chi connectivity index (χ1) is 11.5. The number of hydrogen-bond acceptors (Lipinski definition) is 4. The van der Waals surface area contributed by atoms with E-state index >= 15 is 0 Å². The van der Waals surface area contributed by atoms with Crippen molar-refractivity contribution in [3.63, 3.8) is 0 Å². The molecule has 0 aliphatic carbocycles. The number of carbonyl (C=O) groups is 3. The number of benzene rings is 1. The molecule has 0 saturated carbocycles. The quantitative estimate of drug-likeness (QED) is 0.795. The Morgan fingerprint density at radius 3 is 2.44 bits per heavy atom. The molecule has 136 valence electrons. The molecule has 1 aromatic carbocycles. The fourth-order valence-electron chi connectivity index (χ4n) is 3.24. The van der Waals surface area contributed by atoms with Gasteiger partial charge in [0.15, 0.2) is 0 Å². The lowest BCUT2D eigenvalue weighted by molar-refractivity contribution is -0.139. The van der Waals surface area contributed by atoms with Gasteiger partial charge in [-0.15, -0.1) is 12.4 Å². The van der Waals surface area contributed by atoms with Gasteiger partial charge in [0.25, 0.3) is 5.91 Å². The van der Waals surface area contributed by atoms with E-state index in [-0.39, 0.29) is 48.8 Å². The van der Waals surface area contributed by atoms with Crippen LogP contribution in [0.15, 0.2) is 24.3 Å². The maximum atomic E-state index is 12.4. The Labute approximate surface area is 153 Å². The highest BCUT2D eigenvalue weighted by Gasteiger charge is 2.28. The molecule has 2 aliphatic heterocycles. The van der Waals surface area contributed by atoms with Crippen molar-refractivity contribution in [3.05, 3.63) is 35.4 Å². The molecule has 0 radical (unpaired) electrons. The first-order valence-corrected chi connectivity index (χ1v) is 8.51. The number of carbonyl (C=O) groups excluding carboxylic acids is 3. The zero-order valence-corrected chi connectivity index (χ0v) is 15.1. The molecule has 0 aromatic heterocycles. The number of nitrogens with zero attached hydrogens (tertiary/aromatic N) is 1. The van der Waals surface area contributed by atoms with Gasteiger partial charge in [-0.2, -0.15) is 0 Å². The second-order valence-corrected chi connectivity index (χ2v) is 6.54. The Morgan fingerprint density at radius 2 is 1.84 bits per heavy atom. The third kappa shape index (κ3) is 4.58. The second kappa shape index (κ2) is 8.45. The monoisotopic (exact) mass is 365 g/mol. The fourth-order valence-corrected chi connectivity index (χ4v) is 3.24. The van der Waals surface area contributed by atoms with Crippen LogP contribution in [0, 0.1) is 0 Å². The minimum Gasteiger partial charge on any atom is -0.348 e. The van der Waals surface area contributed by atoms with Crippen molar-refractivity contribution < 1.29 is 14.4 Å². The lowest BCUT2D eigenvalue weighted by atomic mass is 9.99.